The van der Waals surface area contributed by atoms with Crippen molar-refractivity contribution in [3.8, 4) is 0 Å². The average Bonchev–Trinajstić information content (AvgIpc) is 2.81. The Labute approximate surface area is 170 Å². The quantitative estimate of drug-likeness (QED) is 0.735. The zero-order chi connectivity index (χ0) is 20.4. The number of likely N-dealkylation sites (N-methyl/N-ethyl adjacent to an activating group) is 1. The molecule has 0 saturated carbocycles. The van der Waals surface area contributed by atoms with Crippen LogP contribution in [-0.4, -0.2) is 36.3 Å². The molecule has 148 valence electrons. The third kappa shape index (κ3) is 4.15. The number of nitrogens with zero attached hydrogens (tertiary/aromatic N) is 2. The van der Waals surface area contributed by atoms with Gasteiger partial charge >= 0.3 is 0 Å². The lowest BCUT2D eigenvalue weighted by Gasteiger charge is -2.29. The molecule has 5 heteroatoms. The molecule has 0 saturated heterocycles. The Morgan fingerprint density at radius 1 is 1.07 bits per heavy atom. The van der Waals surface area contributed by atoms with E-state index in [0.717, 1.165) is 5.69 Å². The van der Waals surface area contributed by atoms with E-state index in [-0.39, 0.29) is 30.8 Å². The maximum Gasteiger partial charge on any atom is 0.241 e. The van der Waals surface area contributed by atoms with E-state index in [4.69, 9.17) is 0 Å². The van der Waals surface area contributed by atoms with Gasteiger partial charge in [-0.1, -0.05) is 48.5 Å². The van der Waals surface area contributed by atoms with Crippen LogP contribution in [0.15, 0.2) is 66.7 Å². The Bertz CT molecular complexity index is 1060. The van der Waals surface area contributed by atoms with Crippen molar-refractivity contribution in [3.63, 3.8) is 0 Å². The molecule has 4 rings (SSSR count). The first-order valence-corrected chi connectivity index (χ1v) is 9.88. The van der Waals surface area contributed by atoms with Crippen molar-refractivity contribution in [1.29, 1.82) is 0 Å². The van der Waals surface area contributed by atoms with Crippen LogP contribution in [0.1, 0.15) is 18.9 Å². The Hall–Kier alpha value is -3.18. The topological polar surface area (TPSA) is 52.7 Å². The second-order valence-corrected chi connectivity index (χ2v) is 7.74. The SMILES string of the molecule is CC1CC(=O)Nc2ccccc2N1C(=O)CN(C)Cc1ccc2ccccc2c1. The first-order valence-electron chi connectivity index (χ1n) is 9.88. The molecule has 1 heterocycles. The van der Waals surface area contributed by atoms with Gasteiger partial charge in [-0.15, -0.1) is 0 Å². The van der Waals surface area contributed by atoms with Crippen LogP contribution in [0.2, 0.25) is 0 Å². The van der Waals surface area contributed by atoms with E-state index in [1.54, 1.807) is 4.90 Å². The van der Waals surface area contributed by atoms with Crippen LogP contribution in [0.3, 0.4) is 0 Å². The van der Waals surface area contributed by atoms with Crippen molar-refractivity contribution in [2.24, 2.45) is 0 Å². The summed E-state index contributed by atoms with van der Waals surface area (Å²) in [6.45, 7) is 2.88. The molecule has 1 N–H and O–H groups in total. The molecule has 1 atom stereocenters. The number of nitrogens with one attached hydrogen (secondary N) is 1. The number of hydrogen-bond donors (Lipinski definition) is 1. The molecule has 1 unspecified atom stereocenters. The molecule has 2 amide bonds. The van der Waals surface area contributed by atoms with E-state index in [1.165, 1.54) is 16.3 Å². The van der Waals surface area contributed by atoms with Crippen molar-refractivity contribution in [3.05, 3.63) is 72.3 Å². The summed E-state index contributed by atoms with van der Waals surface area (Å²) >= 11 is 0. The minimum atomic E-state index is -0.194. The second kappa shape index (κ2) is 8.05. The van der Waals surface area contributed by atoms with Crippen molar-refractivity contribution in [2.75, 3.05) is 23.8 Å². The number of hydrogen-bond acceptors (Lipinski definition) is 3. The third-order valence-corrected chi connectivity index (χ3v) is 5.30. The van der Waals surface area contributed by atoms with E-state index in [9.17, 15) is 9.59 Å². The number of rotatable bonds is 4. The highest BCUT2D eigenvalue weighted by Crippen LogP contribution is 2.31. The lowest BCUT2D eigenvalue weighted by Crippen LogP contribution is -2.44. The Balaban J connectivity index is 1.51. The molecule has 1 aliphatic rings. The van der Waals surface area contributed by atoms with E-state index < -0.39 is 0 Å². The summed E-state index contributed by atoms with van der Waals surface area (Å²) in [6, 6.07) is 21.9. The van der Waals surface area contributed by atoms with Crippen LogP contribution in [0.5, 0.6) is 0 Å². The molecule has 0 spiro atoms. The van der Waals surface area contributed by atoms with E-state index in [2.05, 4.69) is 35.6 Å². The van der Waals surface area contributed by atoms with Gasteiger partial charge in [0.1, 0.15) is 0 Å². The van der Waals surface area contributed by atoms with Gasteiger partial charge in [0.2, 0.25) is 11.8 Å². The summed E-state index contributed by atoms with van der Waals surface area (Å²) in [5, 5.41) is 5.31. The number of fused-ring (bicyclic) bond motifs is 2. The highest BCUT2D eigenvalue weighted by Gasteiger charge is 2.29. The summed E-state index contributed by atoms with van der Waals surface area (Å²) in [7, 11) is 1.95. The zero-order valence-electron chi connectivity index (χ0n) is 16.8. The molecule has 5 nitrogen and oxygen atoms in total. The van der Waals surface area contributed by atoms with Gasteiger partial charge in [0.15, 0.2) is 0 Å². The predicted octanol–water partition coefficient (Wildman–Crippen LogP) is 4.04. The second-order valence-electron chi connectivity index (χ2n) is 7.74. The minimum Gasteiger partial charge on any atom is -0.324 e. The average molecular weight is 387 g/mol. The highest BCUT2D eigenvalue weighted by atomic mass is 16.2. The molecule has 3 aromatic carbocycles. The summed E-state index contributed by atoms with van der Waals surface area (Å²) in [5.41, 5.74) is 2.61. The number of carbonyl (C=O) groups excluding carboxylic acids is 2. The molecule has 1 aliphatic heterocycles. The molecular weight excluding hydrogens is 362 g/mol. The Kier molecular flexibility index (Phi) is 5.32. The fraction of sp³-hybridized carbons (Fsp3) is 0.250. The molecule has 0 aromatic heterocycles. The van der Waals surface area contributed by atoms with Gasteiger partial charge in [0.25, 0.3) is 0 Å². The fourth-order valence-electron chi connectivity index (χ4n) is 3.98. The highest BCUT2D eigenvalue weighted by molar-refractivity contribution is 6.04. The first-order chi connectivity index (χ1) is 14.0. The lowest BCUT2D eigenvalue weighted by molar-refractivity contribution is -0.120. The van der Waals surface area contributed by atoms with Gasteiger partial charge in [-0.2, -0.15) is 0 Å². The molecule has 0 bridgehead atoms. The van der Waals surface area contributed by atoms with Crippen LogP contribution >= 0.6 is 0 Å². The normalized spacial score (nSPS) is 16.4. The van der Waals surface area contributed by atoms with Gasteiger partial charge in [0.05, 0.1) is 17.9 Å². The lowest BCUT2D eigenvalue weighted by atomic mass is 10.1. The Morgan fingerprint density at radius 3 is 2.62 bits per heavy atom. The van der Waals surface area contributed by atoms with Crippen molar-refractivity contribution >= 4 is 34.0 Å². The Morgan fingerprint density at radius 2 is 1.79 bits per heavy atom. The van der Waals surface area contributed by atoms with Gasteiger partial charge in [-0.05, 0) is 48.5 Å². The smallest absolute Gasteiger partial charge is 0.241 e. The van der Waals surface area contributed by atoms with E-state index in [1.807, 2.05) is 55.3 Å². The minimum absolute atomic E-state index is 0.00950. The van der Waals surface area contributed by atoms with Gasteiger partial charge in [-0.3, -0.25) is 14.5 Å². The van der Waals surface area contributed by atoms with Gasteiger partial charge in [0, 0.05) is 19.0 Å². The number of carbonyl (C=O) groups is 2. The largest absolute Gasteiger partial charge is 0.324 e. The molecule has 0 fully saturated rings. The van der Waals surface area contributed by atoms with Gasteiger partial charge < -0.3 is 10.2 Å². The molecular formula is C24H25N3O2. The molecule has 29 heavy (non-hydrogen) atoms. The maximum atomic E-state index is 13.2. The summed E-state index contributed by atoms with van der Waals surface area (Å²) in [4.78, 5) is 29.1. The summed E-state index contributed by atoms with van der Waals surface area (Å²) in [5.74, 6) is -0.0745. The number of amides is 2. The molecule has 0 radical (unpaired) electrons. The number of benzene rings is 3. The van der Waals surface area contributed by atoms with Crippen LogP contribution < -0.4 is 10.2 Å². The van der Waals surface area contributed by atoms with E-state index >= 15 is 0 Å². The van der Waals surface area contributed by atoms with Gasteiger partial charge in [-0.25, -0.2) is 0 Å². The van der Waals surface area contributed by atoms with Crippen LogP contribution in [0, 0.1) is 0 Å². The fourth-order valence-corrected chi connectivity index (χ4v) is 3.98. The van der Waals surface area contributed by atoms with Crippen molar-refractivity contribution < 1.29 is 9.59 Å². The summed E-state index contributed by atoms with van der Waals surface area (Å²) in [6.07, 6.45) is 0.287. The maximum absolute atomic E-state index is 13.2. The predicted molar refractivity (Wildman–Crippen MR) is 117 cm³/mol. The molecule has 3 aromatic rings. The van der Waals surface area contributed by atoms with Crippen LogP contribution in [-0.2, 0) is 16.1 Å². The van der Waals surface area contributed by atoms with Crippen LogP contribution in [0.25, 0.3) is 10.8 Å². The summed E-state index contributed by atoms with van der Waals surface area (Å²) < 4.78 is 0. The van der Waals surface area contributed by atoms with E-state index in [0.29, 0.717) is 12.2 Å². The van der Waals surface area contributed by atoms with Crippen LogP contribution in [0.4, 0.5) is 11.4 Å². The van der Waals surface area contributed by atoms with Crippen molar-refractivity contribution in [2.45, 2.75) is 25.9 Å². The standard InChI is InChI=1S/C24H25N3O2/c1-17-13-23(28)25-21-9-5-6-10-22(21)27(17)24(29)16-26(2)15-18-11-12-19-7-3-4-8-20(19)14-18/h3-12,14,17H,13,15-16H2,1-2H3,(H,25,28). The third-order valence-electron chi connectivity index (χ3n) is 5.30. The monoisotopic (exact) mass is 387 g/mol. The van der Waals surface area contributed by atoms with Crippen molar-refractivity contribution in [1.82, 2.24) is 4.90 Å². The zero-order valence-corrected chi connectivity index (χ0v) is 16.8. The first kappa shape index (κ1) is 19.2. The number of anilines is 2. The molecule has 0 aliphatic carbocycles. The number of para-hydroxylation sites is 2.